The topological polar surface area (TPSA) is 59.1 Å². The van der Waals surface area contributed by atoms with Gasteiger partial charge in [0.2, 0.25) is 0 Å². The molecular weight excluding hydrogens is 355 g/mol. The molecule has 1 aromatic heterocycles. The zero-order chi connectivity index (χ0) is 18.4. The van der Waals surface area contributed by atoms with Gasteiger partial charge in [0.25, 0.3) is 0 Å². The summed E-state index contributed by atoms with van der Waals surface area (Å²) in [5, 5.41) is 6.75. The minimum absolute atomic E-state index is 0.238. The molecular formula is C19H18ClFN4O. The van der Waals surface area contributed by atoms with Crippen molar-refractivity contribution in [3.8, 4) is 5.75 Å². The van der Waals surface area contributed by atoms with Crippen LogP contribution < -0.4 is 15.4 Å². The van der Waals surface area contributed by atoms with Gasteiger partial charge < -0.3 is 15.4 Å². The minimum Gasteiger partial charge on any atom is -0.487 e. The van der Waals surface area contributed by atoms with E-state index in [9.17, 15) is 4.39 Å². The third-order valence-electron chi connectivity index (χ3n) is 3.51. The highest BCUT2D eigenvalue weighted by atomic mass is 35.5. The van der Waals surface area contributed by atoms with Crippen molar-refractivity contribution in [3.05, 3.63) is 71.3 Å². The number of hydrogen-bond donors (Lipinski definition) is 2. The highest BCUT2D eigenvalue weighted by Crippen LogP contribution is 2.29. The van der Waals surface area contributed by atoms with E-state index in [0.717, 1.165) is 23.6 Å². The molecule has 0 bridgehead atoms. The predicted molar refractivity (Wildman–Crippen MR) is 102 cm³/mol. The number of hydrogen-bond acceptors (Lipinski definition) is 5. The number of rotatable bonds is 7. The van der Waals surface area contributed by atoms with Crippen molar-refractivity contribution in [3.63, 3.8) is 0 Å². The van der Waals surface area contributed by atoms with Crippen LogP contribution in [0.4, 0.5) is 21.7 Å². The Kier molecular flexibility index (Phi) is 5.86. The van der Waals surface area contributed by atoms with Crippen LogP contribution in [0.1, 0.15) is 12.5 Å². The summed E-state index contributed by atoms with van der Waals surface area (Å²) in [6.07, 6.45) is 1.48. The monoisotopic (exact) mass is 372 g/mol. The van der Waals surface area contributed by atoms with Crippen LogP contribution in [0.15, 0.2) is 54.9 Å². The smallest absolute Gasteiger partial charge is 0.138 e. The molecule has 7 heteroatoms. The van der Waals surface area contributed by atoms with Gasteiger partial charge in [0.15, 0.2) is 0 Å². The first-order valence-electron chi connectivity index (χ1n) is 8.14. The number of anilines is 3. The lowest BCUT2D eigenvalue weighted by Crippen LogP contribution is -2.01. The van der Waals surface area contributed by atoms with Gasteiger partial charge in [-0.2, -0.15) is 0 Å². The quantitative estimate of drug-likeness (QED) is 0.609. The normalized spacial score (nSPS) is 10.4. The van der Waals surface area contributed by atoms with E-state index < -0.39 is 0 Å². The molecule has 0 fully saturated rings. The molecule has 0 aliphatic rings. The summed E-state index contributed by atoms with van der Waals surface area (Å²) in [5.74, 6) is 1.63. The Hall–Kier alpha value is -2.86. The molecule has 0 amide bonds. The molecule has 134 valence electrons. The predicted octanol–water partition coefficient (Wildman–Crippen LogP) is 5.02. The molecule has 0 aliphatic carbocycles. The van der Waals surface area contributed by atoms with Crippen molar-refractivity contribution < 1.29 is 9.13 Å². The van der Waals surface area contributed by atoms with E-state index in [0.29, 0.717) is 16.6 Å². The zero-order valence-electron chi connectivity index (χ0n) is 14.2. The second-order valence-electron chi connectivity index (χ2n) is 5.51. The molecule has 0 aliphatic heterocycles. The fraction of sp³-hybridized carbons (Fsp3) is 0.158. The van der Waals surface area contributed by atoms with E-state index in [4.69, 9.17) is 16.3 Å². The van der Waals surface area contributed by atoms with Gasteiger partial charge in [-0.15, -0.1) is 0 Å². The SMILES string of the molecule is CCNc1cc(Nc2ccc(OCc3cccc(F)c3)c(Cl)c2)ncn1. The number of benzene rings is 2. The van der Waals surface area contributed by atoms with E-state index in [2.05, 4.69) is 20.6 Å². The Balaban J connectivity index is 1.66. The van der Waals surface area contributed by atoms with E-state index in [-0.39, 0.29) is 12.4 Å². The Labute approximate surface area is 156 Å². The molecule has 0 unspecified atom stereocenters. The van der Waals surface area contributed by atoms with Crippen LogP contribution in [-0.4, -0.2) is 16.5 Å². The maximum absolute atomic E-state index is 13.2. The molecule has 3 rings (SSSR count). The van der Waals surface area contributed by atoms with Crippen LogP contribution in [0.2, 0.25) is 5.02 Å². The van der Waals surface area contributed by atoms with E-state index >= 15 is 0 Å². The summed E-state index contributed by atoms with van der Waals surface area (Å²) in [5.41, 5.74) is 1.51. The fourth-order valence-corrected chi connectivity index (χ4v) is 2.57. The number of ether oxygens (including phenoxy) is 1. The van der Waals surface area contributed by atoms with Crippen LogP contribution >= 0.6 is 11.6 Å². The minimum atomic E-state index is -0.293. The van der Waals surface area contributed by atoms with Gasteiger partial charge in [-0.1, -0.05) is 23.7 Å². The largest absolute Gasteiger partial charge is 0.487 e. The second-order valence-corrected chi connectivity index (χ2v) is 5.91. The highest BCUT2D eigenvalue weighted by Gasteiger charge is 2.06. The van der Waals surface area contributed by atoms with Gasteiger partial charge in [-0.3, -0.25) is 0 Å². The molecule has 2 aromatic carbocycles. The van der Waals surface area contributed by atoms with Gasteiger partial charge in [0.05, 0.1) is 5.02 Å². The summed E-state index contributed by atoms with van der Waals surface area (Å²) < 4.78 is 18.9. The second kappa shape index (κ2) is 8.49. The Morgan fingerprint density at radius 2 is 1.92 bits per heavy atom. The lowest BCUT2D eigenvalue weighted by atomic mass is 10.2. The first-order valence-corrected chi connectivity index (χ1v) is 8.51. The van der Waals surface area contributed by atoms with E-state index in [1.54, 1.807) is 24.3 Å². The standard InChI is InChI=1S/C19H18ClFN4O/c1-2-22-18-10-19(24-12-23-18)25-15-6-7-17(16(20)9-15)26-11-13-4-3-5-14(21)8-13/h3-10,12H,2,11H2,1H3,(H2,22,23,24,25). The number of aromatic nitrogens is 2. The van der Waals surface area contributed by atoms with Gasteiger partial charge in [-0.05, 0) is 42.8 Å². The third-order valence-corrected chi connectivity index (χ3v) is 3.81. The van der Waals surface area contributed by atoms with Crippen molar-refractivity contribution >= 4 is 28.9 Å². The molecule has 0 atom stereocenters. The number of nitrogens with zero attached hydrogens (tertiary/aromatic N) is 2. The van der Waals surface area contributed by atoms with Gasteiger partial charge >= 0.3 is 0 Å². The van der Waals surface area contributed by atoms with Crippen LogP contribution in [0.5, 0.6) is 5.75 Å². The maximum atomic E-state index is 13.2. The lowest BCUT2D eigenvalue weighted by Gasteiger charge is -2.11. The van der Waals surface area contributed by atoms with Crippen molar-refractivity contribution in [2.24, 2.45) is 0 Å². The van der Waals surface area contributed by atoms with Crippen molar-refractivity contribution in [2.45, 2.75) is 13.5 Å². The van der Waals surface area contributed by atoms with Crippen LogP contribution in [0, 0.1) is 5.82 Å². The first-order chi connectivity index (χ1) is 12.6. The molecule has 0 saturated carbocycles. The molecule has 0 spiro atoms. The third kappa shape index (κ3) is 4.83. The lowest BCUT2D eigenvalue weighted by molar-refractivity contribution is 0.306. The zero-order valence-corrected chi connectivity index (χ0v) is 14.9. The average molecular weight is 373 g/mol. The average Bonchev–Trinajstić information content (AvgIpc) is 2.62. The molecule has 0 saturated heterocycles. The van der Waals surface area contributed by atoms with E-state index in [1.165, 1.54) is 18.5 Å². The molecule has 3 aromatic rings. The van der Waals surface area contributed by atoms with Crippen molar-refractivity contribution in [1.82, 2.24) is 9.97 Å². The molecule has 0 radical (unpaired) electrons. The number of halogens is 2. The molecule has 26 heavy (non-hydrogen) atoms. The van der Waals surface area contributed by atoms with Crippen molar-refractivity contribution in [1.29, 1.82) is 0 Å². The number of nitrogens with one attached hydrogen (secondary N) is 2. The fourth-order valence-electron chi connectivity index (χ4n) is 2.33. The van der Waals surface area contributed by atoms with Gasteiger partial charge in [0, 0.05) is 18.3 Å². The summed E-state index contributed by atoms with van der Waals surface area (Å²) >= 11 is 6.29. The summed E-state index contributed by atoms with van der Waals surface area (Å²) in [4.78, 5) is 8.31. The Bertz CT molecular complexity index is 891. The van der Waals surface area contributed by atoms with Crippen LogP contribution in [-0.2, 0) is 6.61 Å². The Morgan fingerprint density at radius 1 is 1.08 bits per heavy atom. The van der Waals surface area contributed by atoms with Gasteiger partial charge in [-0.25, -0.2) is 14.4 Å². The van der Waals surface area contributed by atoms with Crippen LogP contribution in [0.25, 0.3) is 0 Å². The molecule has 2 N–H and O–H groups in total. The molecule has 5 nitrogen and oxygen atoms in total. The van der Waals surface area contributed by atoms with Crippen LogP contribution in [0.3, 0.4) is 0 Å². The van der Waals surface area contributed by atoms with Crippen molar-refractivity contribution in [2.75, 3.05) is 17.2 Å². The molecule has 1 heterocycles. The summed E-state index contributed by atoms with van der Waals surface area (Å²) in [7, 11) is 0. The van der Waals surface area contributed by atoms with E-state index in [1.807, 2.05) is 19.1 Å². The highest BCUT2D eigenvalue weighted by molar-refractivity contribution is 6.32. The summed E-state index contributed by atoms with van der Waals surface area (Å²) in [6, 6.07) is 13.4. The first kappa shape index (κ1) is 17.9. The van der Waals surface area contributed by atoms with Gasteiger partial charge in [0.1, 0.15) is 36.1 Å². The Morgan fingerprint density at radius 3 is 2.69 bits per heavy atom. The maximum Gasteiger partial charge on any atom is 0.138 e. The summed E-state index contributed by atoms with van der Waals surface area (Å²) in [6.45, 7) is 3.01.